The highest BCUT2D eigenvalue weighted by atomic mass is 16.5. The Labute approximate surface area is 211 Å². The second-order valence-corrected chi connectivity index (χ2v) is 9.08. The number of carbonyl (C=O) groups is 2. The Morgan fingerprint density at radius 3 is 2.39 bits per heavy atom. The molecule has 8 heteroatoms. The van der Waals surface area contributed by atoms with E-state index in [1.807, 2.05) is 42.5 Å². The van der Waals surface area contributed by atoms with E-state index in [1.165, 1.54) is 44.8 Å². The van der Waals surface area contributed by atoms with Crippen molar-refractivity contribution in [2.45, 2.75) is 26.2 Å². The molecule has 190 valence electrons. The largest absolute Gasteiger partial charge is 0.494 e. The van der Waals surface area contributed by atoms with Crippen molar-refractivity contribution in [1.29, 1.82) is 0 Å². The van der Waals surface area contributed by atoms with Gasteiger partial charge < -0.3 is 19.1 Å². The summed E-state index contributed by atoms with van der Waals surface area (Å²) < 4.78 is 17.3. The molecule has 36 heavy (non-hydrogen) atoms. The quantitative estimate of drug-likeness (QED) is 0.319. The Bertz CT molecular complexity index is 1170. The molecule has 4 rings (SSSR count). The molecule has 1 aliphatic rings. The van der Waals surface area contributed by atoms with Gasteiger partial charge in [-0.3, -0.25) is 0 Å². The molecule has 1 aliphatic heterocycles. The van der Waals surface area contributed by atoms with Crippen LogP contribution in [0.2, 0.25) is 0 Å². The first-order valence-corrected chi connectivity index (χ1v) is 12.3. The number of aromatic nitrogens is 2. The minimum Gasteiger partial charge on any atom is -0.494 e. The molecule has 1 aromatic heterocycles. The SMILES string of the molecule is COC(=O)c1c(-c2ccc(OCCCN3CCCC(C)C3)cc2)nn(-c2ccccc2)c1C(=O)OC. The van der Waals surface area contributed by atoms with Gasteiger partial charge in [-0.05, 0) is 68.1 Å². The molecule has 0 aliphatic carbocycles. The van der Waals surface area contributed by atoms with Crippen LogP contribution in [-0.4, -0.2) is 67.1 Å². The number of rotatable bonds is 9. The average Bonchev–Trinajstić information content (AvgIpc) is 3.32. The number of esters is 2. The Balaban J connectivity index is 1.54. The van der Waals surface area contributed by atoms with E-state index in [1.54, 1.807) is 12.1 Å². The van der Waals surface area contributed by atoms with Crippen molar-refractivity contribution in [3.8, 4) is 22.7 Å². The predicted octanol–water partition coefficient (Wildman–Crippen LogP) is 4.61. The monoisotopic (exact) mass is 491 g/mol. The number of benzene rings is 2. The van der Waals surface area contributed by atoms with Crippen LogP contribution in [0.4, 0.5) is 0 Å². The highest BCUT2D eigenvalue weighted by Crippen LogP contribution is 2.30. The molecule has 8 nitrogen and oxygen atoms in total. The maximum Gasteiger partial charge on any atom is 0.357 e. The molecule has 0 radical (unpaired) electrons. The van der Waals surface area contributed by atoms with Crippen molar-refractivity contribution < 1.29 is 23.8 Å². The fraction of sp³-hybridized carbons (Fsp3) is 0.393. The summed E-state index contributed by atoms with van der Waals surface area (Å²) in [4.78, 5) is 28.0. The number of nitrogens with zero attached hydrogens (tertiary/aromatic N) is 3. The van der Waals surface area contributed by atoms with E-state index in [0.29, 0.717) is 23.6 Å². The summed E-state index contributed by atoms with van der Waals surface area (Å²) >= 11 is 0. The number of ether oxygens (including phenoxy) is 3. The van der Waals surface area contributed by atoms with Gasteiger partial charge in [0, 0.05) is 18.7 Å². The number of hydrogen-bond acceptors (Lipinski definition) is 7. The summed E-state index contributed by atoms with van der Waals surface area (Å²) in [5, 5.41) is 4.62. The Morgan fingerprint density at radius 1 is 1.00 bits per heavy atom. The first-order chi connectivity index (χ1) is 17.5. The van der Waals surface area contributed by atoms with Crippen molar-refractivity contribution >= 4 is 11.9 Å². The lowest BCUT2D eigenvalue weighted by atomic mass is 10.0. The van der Waals surface area contributed by atoms with Gasteiger partial charge in [0.05, 0.1) is 26.5 Å². The van der Waals surface area contributed by atoms with E-state index in [0.717, 1.165) is 24.6 Å². The summed E-state index contributed by atoms with van der Waals surface area (Å²) in [6, 6.07) is 16.5. The lowest BCUT2D eigenvalue weighted by Gasteiger charge is -2.30. The van der Waals surface area contributed by atoms with E-state index in [-0.39, 0.29) is 11.3 Å². The molecule has 1 unspecified atom stereocenters. The predicted molar refractivity (Wildman–Crippen MR) is 137 cm³/mol. The maximum absolute atomic E-state index is 12.8. The van der Waals surface area contributed by atoms with Crippen LogP contribution in [0.3, 0.4) is 0 Å². The molecule has 0 N–H and O–H groups in total. The zero-order valence-electron chi connectivity index (χ0n) is 21.1. The maximum atomic E-state index is 12.8. The van der Waals surface area contributed by atoms with Gasteiger partial charge in [-0.15, -0.1) is 0 Å². The number of methoxy groups -OCH3 is 2. The number of carbonyl (C=O) groups excluding carboxylic acids is 2. The molecular formula is C28H33N3O5. The average molecular weight is 492 g/mol. The molecule has 0 amide bonds. The highest BCUT2D eigenvalue weighted by molar-refractivity contribution is 6.06. The molecule has 2 aromatic carbocycles. The molecular weight excluding hydrogens is 458 g/mol. The van der Waals surface area contributed by atoms with Crippen LogP contribution >= 0.6 is 0 Å². The number of hydrogen-bond donors (Lipinski definition) is 0. The normalized spacial score (nSPS) is 15.9. The van der Waals surface area contributed by atoms with E-state index in [2.05, 4.69) is 16.9 Å². The zero-order valence-corrected chi connectivity index (χ0v) is 21.1. The summed E-state index contributed by atoms with van der Waals surface area (Å²) in [7, 11) is 2.54. The number of likely N-dealkylation sites (tertiary alicyclic amines) is 1. The zero-order chi connectivity index (χ0) is 25.5. The second-order valence-electron chi connectivity index (χ2n) is 9.08. The first kappa shape index (κ1) is 25.4. The molecule has 1 saturated heterocycles. The minimum absolute atomic E-state index is 0.0120. The van der Waals surface area contributed by atoms with Crippen LogP contribution in [0.1, 0.15) is 47.0 Å². The third kappa shape index (κ3) is 5.76. The molecule has 1 atom stereocenters. The first-order valence-electron chi connectivity index (χ1n) is 12.3. The van der Waals surface area contributed by atoms with Crippen molar-refractivity contribution in [3.05, 3.63) is 65.9 Å². The minimum atomic E-state index is -0.680. The summed E-state index contributed by atoms with van der Waals surface area (Å²) in [5.74, 6) is 0.161. The van der Waals surface area contributed by atoms with E-state index in [9.17, 15) is 9.59 Å². The van der Waals surface area contributed by atoms with Crippen LogP contribution in [0.25, 0.3) is 16.9 Å². The summed E-state index contributed by atoms with van der Waals surface area (Å²) in [6.07, 6.45) is 3.56. The summed E-state index contributed by atoms with van der Waals surface area (Å²) in [6.45, 7) is 6.32. The van der Waals surface area contributed by atoms with E-state index < -0.39 is 11.9 Å². The van der Waals surface area contributed by atoms with Crippen molar-refractivity contribution in [2.75, 3.05) is 40.5 Å². The fourth-order valence-corrected chi connectivity index (χ4v) is 4.63. The van der Waals surface area contributed by atoms with Gasteiger partial charge >= 0.3 is 11.9 Å². The van der Waals surface area contributed by atoms with Crippen LogP contribution < -0.4 is 4.74 Å². The van der Waals surface area contributed by atoms with Gasteiger partial charge in [0.2, 0.25) is 0 Å². The smallest absolute Gasteiger partial charge is 0.357 e. The van der Waals surface area contributed by atoms with Gasteiger partial charge in [-0.1, -0.05) is 25.1 Å². The third-order valence-electron chi connectivity index (χ3n) is 6.41. The molecule has 0 spiro atoms. The summed E-state index contributed by atoms with van der Waals surface area (Å²) in [5.41, 5.74) is 1.68. The second kappa shape index (κ2) is 11.9. The van der Waals surface area contributed by atoms with E-state index in [4.69, 9.17) is 14.2 Å². The number of para-hydroxylation sites is 1. The van der Waals surface area contributed by atoms with E-state index >= 15 is 0 Å². The Morgan fingerprint density at radius 2 is 1.72 bits per heavy atom. The van der Waals surface area contributed by atoms with Gasteiger partial charge in [0.15, 0.2) is 5.69 Å². The van der Waals surface area contributed by atoms with Crippen molar-refractivity contribution in [1.82, 2.24) is 14.7 Å². The lowest BCUT2D eigenvalue weighted by molar-refractivity contribution is 0.0549. The Hall–Kier alpha value is -3.65. The van der Waals surface area contributed by atoms with Crippen LogP contribution in [0, 0.1) is 5.92 Å². The lowest BCUT2D eigenvalue weighted by Crippen LogP contribution is -2.35. The van der Waals surface area contributed by atoms with Gasteiger partial charge in [0.25, 0.3) is 0 Å². The fourth-order valence-electron chi connectivity index (χ4n) is 4.63. The number of piperidine rings is 1. The molecule has 2 heterocycles. The van der Waals surface area contributed by atoms with Crippen LogP contribution in [0.15, 0.2) is 54.6 Å². The topological polar surface area (TPSA) is 82.9 Å². The van der Waals surface area contributed by atoms with Crippen molar-refractivity contribution in [2.24, 2.45) is 5.92 Å². The van der Waals surface area contributed by atoms with Crippen LogP contribution in [0.5, 0.6) is 5.75 Å². The molecule has 0 saturated carbocycles. The highest BCUT2D eigenvalue weighted by Gasteiger charge is 2.31. The van der Waals surface area contributed by atoms with Crippen molar-refractivity contribution in [3.63, 3.8) is 0 Å². The van der Waals surface area contributed by atoms with Crippen LogP contribution in [-0.2, 0) is 9.47 Å². The molecule has 0 bridgehead atoms. The van der Waals surface area contributed by atoms with Gasteiger partial charge in [-0.2, -0.15) is 5.10 Å². The van der Waals surface area contributed by atoms with Gasteiger partial charge in [-0.25, -0.2) is 14.3 Å². The molecule has 1 fully saturated rings. The Kier molecular flexibility index (Phi) is 8.38. The van der Waals surface area contributed by atoms with Gasteiger partial charge in [0.1, 0.15) is 17.0 Å². The third-order valence-corrected chi connectivity index (χ3v) is 6.41. The standard InChI is InChI=1S/C28H33N3O5/c1-20-9-7-16-30(19-20)17-8-18-36-23-14-12-21(13-15-23)25-24(27(32)34-2)26(28(33)35-3)31(29-25)22-10-5-4-6-11-22/h4-6,10-15,20H,7-9,16-19H2,1-3H3. The molecule has 3 aromatic rings.